The highest BCUT2D eigenvalue weighted by atomic mass is 16.5. The Morgan fingerprint density at radius 3 is 2.77 bits per heavy atom. The van der Waals surface area contributed by atoms with Crippen molar-refractivity contribution in [2.45, 2.75) is 26.4 Å². The number of benzene rings is 2. The predicted molar refractivity (Wildman–Crippen MR) is 103 cm³/mol. The molecule has 134 valence electrons. The molecule has 3 aromatic rings. The molecule has 26 heavy (non-hydrogen) atoms. The first-order valence-corrected chi connectivity index (χ1v) is 8.66. The molecule has 0 radical (unpaired) electrons. The van der Waals surface area contributed by atoms with Gasteiger partial charge in [-0.15, -0.1) is 0 Å². The van der Waals surface area contributed by atoms with Crippen LogP contribution in [-0.4, -0.2) is 22.1 Å². The topological polar surface area (TPSA) is 56.2 Å². The fraction of sp³-hybridized carbons (Fsp3) is 0.238. The Kier molecular flexibility index (Phi) is 5.37. The number of imidazole rings is 1. The summed E-state index contributed by atoms with van der Waals surface area (Å²) in [6.07, 6.45) is 1.27. The van der Waals surface area contributed by atoms with Gasteiger partial charge in [0, 0.05) is 0 Å². The minimum absolute atomic E-state index is 0.215. The van der Waals surface area contributed by atoms with Crippen molar-refractivity contribution in [1.82, 2.24) is 14.9 Å². The van der Waals surface area contributed by atoms with Crippen molar-refractivity contribution in [2.24, 2.45) is 0 Å². The molecule has 0 aliphatic carbocycles. The first-order valence-electron chi connectivity index (χ1n) is 8.66. The highest BCUT2D eigenvalue weighted by Crippen LogP contribution is 2.21. The molecule has 3 rings (SSSR count). The largest absolute Gasteiger partial charge is 0.491 e. The fourth-order valence-electron chi connectivity index (χ4n) is 2.96. The van der Waals surface area contributed by atoms with Crippen molar-refractivity contribution >= 4 is 16.9 Å². The normalized spacial score (nSPS) is 11.9. The van der Waals surface area contributed by atoms with Gasteiger partial charge in [-0.05, 0) is 43.7 Å². The molecule has 1 amide bonds. The van der Waals surface area contributed by atoms with Crippen molar-refractivity contribution in [3.8, 4) is 5.75 Å². The van der Waals surface area contributed by atoms with Gasteiger partial charge in [0.25, 0.3) is 0 Å². The van der Waals surface area contributed by atoms with Crippen LogP contribution in [0.25, 0.3) is 11.0 Å². The Hall–Kier alpha value is -3.08. The van der Waals surface area contributed by atoms with E-state index in [-0.39, 0.29) is 11.9 Å². The van der Waals surface area contributed by atoms with E-state index in [9.17, 15) is 4.79 Å². The lowest BCUT2D eigenvalue weighted by molar-refractivity contribution is -0.117. The van der Waals surface area contributed by atoms with Crippen LogP contribution >= 0.6 is 0 Å². The van der Waals surface area contributed by atoms with Gasteiger partial charge in [-0.1, -0.05) is 36.9 Å². The number of rotatable bonds is 7. The van der Waals surface area contributed by atoms with Crippen molar-refractivity contribution in [3.05, 3.63) is 72.6 Å². The minimum atomic E-state index is -0.230. The summed E-state index contributed by atoms with van der Waals surface area (Å²) in [5.74, 6) is 1.47. The van der Waals surface area contributed by atoms with Crippen LogP contribution in [-0.2, 0) is 11.3 Å². The number of fused-ring (bicyclic) bond motifs is 1. The van der Waals surface area contributed by atoms with E-state index in [0.717, 1.165) is 28.2 Å². The molecule has 1 heterocycles. The molecule has 0 bridgehead atoms. The number of para-hydroxylation sites is 3. The first kappa shape index (κ1) is 17.7. The fourth-order valence-corrected chi connectivity index (χ4v) is 2.96. The van der Waals surface area contributed by atoms with Crippen LogP contribution in [0.1, 0.15) is 24.4 Å². The molecule has 0 aliphatic rings. The predicted octanol–water partition coefficient (Wildman–Crippen LogP) is 3.79. The number of aryl methyl sites for hydroxylation is 1. The zero-order valence-electron chi connectivity index (χ0n) is 15.1. The highest BCUT2D eigenvalue weighted by molar-refractivity contribution is 5.87. The van der Waals surface area contributed by atoms with Gasteiger partial charge in [-0.25, -0.2) is 4.98 Å². The number of hydrogen-bond donors (Lipinski definition) is 1. The van der Waals surface area contributed by atoms with E-state index >= 15 is 0 Å². The second-order valence-electron chi connectivity index (χ2n) is 6.16. The summed E-state index contributed by atoms with van der Waals surface area (Å²) in [5.41, 5.74) is 3.03. The van der Waals surface area contributed by atoms with Crippen molar-refractivity contribution in [3.63, 3.8) is 0 Å². The average molecular weight is 349 g/mol. The number of ether oxygens (including phenoxy) is 1. The van der Waals surface area contributed by atoms with Crippen LogP contribution in [0.3, 0.4) is 0 Å². The third kappa shape index (κ3) is 3.77. The first-order chi connectivity index (χ1) is 12.6. The molecule has 5 heteroatoms. The number of carbonyl (C=O) groups is 1. The molecule has 1 N–H and O–H groups in total. The lowest BCUT2D eigenvalue weighted by Crippen LogP contribution is -2.27. The number of aromatic nitrogens is 2. The van der Waals surface area contributed by atoms with E-state index in [1.165, 1.54) is 6.08 Å². The molecule has 2 aromatic carbocycles. The molecular formula is C21H23N3O2. The number of nitrogens with one attached hydrogen (secondary N) is 1. The number of nitrogens with zero attached hydrogens (tertiary/aromatic N) is 2. The zero-order chi connectivity index (χ0) is 18.5. The Morgan fingerprint density at radius 1 is 1.27 bits per heavy atom. The average Bonchev–Trinajstić information content (AvgIpc) is 3.02. The van der Waals surface area contributed by atoms with Gasteiger partial charge in [0.1, 0.15) is 18.2 Å². The number of hydrogen-bond acceptors (Lipinski definition) is 3. The standard InChI is InChI=1S/C21H23N3O2/c1-4-20(25)22-16(3)21-23-17-10-6-7-11-18(17)24(21)13-14-26-19-12-8-5-9-15(19)2/h4-12,16H,1,13-14H2,2-3H3,(H,22,25). The van der Waals surface area contributed by atoms with Crippen LogP contribution in [0.15, 0.2) is 61.2 Å². The van der Waals surface area contributed by atoms with Gasteiger partial charge in [0.05, 0.1) is 23.6 Å². The summed E-state index contributed by atoms with van der Waals surface area (Å²) in [6, 6.07) is 15.7. The van der Waals surface area contributed by atoms with E-state index in [4.69, 9.17) is 9.72 Å². The van der Waals surface area contributed by atoms with Gasteiger partial charge in [0.2, 0.25) is 5.91 Å². The molecule has 0 fully saturated rings. The monoisotopic (exact) mass is 349 g/mol. The summed E-state index contributed by atoms with van der Waals surface area (Å²) >= 11 is 0. The Bertz CT molecular complexity index is 930. The van der Waals surface area contributed by atoms with Crippen LogP contribution in [0.4, 0.5) is 0 Å². The maximum atomic E-state index is 11.7. The lowest BCUT2D eigenvalue weighted by Gasteiger charge is -2.16. The van der Waals surface area contributed by atoms with Gasteiger partial charge in [0.15, 0.2) is 0 Å². The second kappa shape index (κ2) is 7.87. The molecule has 0 saturated heterocycles. The van der Waals surface area contributed by atoms with Crippen LogP contribution in [0.5, 0.6) is 5.75 Å². The highest BCUT2D eigenvalue weighted by Gasteiger charge is 2.17. The summed E-state index contributed by atoms with van der Waals surface area (Å²) < 4.78 is 8.04. The van der Waals surface area contributed by atoms with Crippen LogP contribution in [0.2, 0.25) is 0 Å². The van der Waals surface area contributed by atoms with Gasteiger partial charge < -0.3 is 14.6 Å². The van der Waals surface area contributed by atoms with Crippen LogP contribution in [0, 0.1) is 6.92 Å². The molecule has 0 spiro atoms. The molecule has 0 saturated carbocycles. The Morgan fingerprint density at radius 2 is 2.00 bits per heavy atom. The maximum Gasteiger partial charge on any atom is 0.243 e. The summed E-state index contributed by atoms with van der Waals surface area (Å²) in [5, 5.41) is 2.88. The molecule has 0 aliphatic heterocycles. The Labute approximate surface area is 153 Å². The smallest absolute Gasteiger partial charge is 0.243 e. The van der Waals surface area contributed by atoms with Crippen molar-refractivity contribution in [2.75, 3.05) is 6.61 Å². The molecule has 5 nitrogen and oxygen atoms in total. The number of amides is 1. The second-order valence-corrected chi connectivity index (χ2v) is 6.16. The third-order valence-corrected chi connectivity index (χ3v) is 4.28. The molecular weight excluding hydrogens is 326 g/mol. The quantitative estimate of drug-likeness (QED) is 0.660. The summed E-state index contributed by atoms with van der Waals surface area (Å²) in [6.45, 7) is 8.60. The maximum absolute atomic E-state index is 11.7. The Balaban J connectivity index is 1.83. The third-order valence-electron chi connectivity index (χ3n) is 4.28. The molecule has 1 atom stereocenters. The van der Waals surface area contributed by atoms with E-state index < -0.39 is 0 Å². The van der Waals surface area contributed by atoms with E-state index in [0.29, 0.717) is 13.2 Å². The van der Waals surface area contributed by atoms with Crippen molar-refractivity contribution < 1.29 is 9.53 Å². The SMILES string of the molecule is C=CC(=O)NC(C)c1nc2ccccc2n1CCOc1ccccc1C. The van der Waals surface area contributed by atoms with Gasteiger partial charge >= 0.3 is 0 Å². The minimum Gasteiger partial charge on any atom is -0.491 e. The summed E-state index contributed by atoms with van der Waals surface area (Å²) in [7, 11) is 0. The van der Waals surface area contributed by atoms with Crippen LogP contribution < -0.4 is 10.1 Å². The van der Waals surface area contributed by atoms with E-state index in [1.54, 1.807) is 0 Å². The van der Waals surface area contributed by atoms with E-state index in [1.807, 2.05) is 62.4 Å². The lowest BCUT2D eigenvalue weighted by atomic mass is 10.2. The van der Waals surface area contributed by atoms with Gasteiger partial charge in [-0.3, -0.25) is 4.79 Å². The molecule has 1 unspecified atom stereocenters. The van der Waals surface area contributed by atoms with Gasteiger partial charge in [-0.2, -0.15) is 0 Å². The molecule has 1 aromatic heterocycles. The van der Waals surface area contributed by atoms with Crippen molar-refractivity contribution in [1.29, 1.82) is 0 Å². The zero-order valence-corrected chi connectivity index (χ0v) is 15.1. The van der Waals surface area contributed by atoms with E-state index in [2.05, 4.69) is 16.5 Å². The summed E-state index contributed by atoms with van der Waals surface area (Å²) in [4.78, 5) is 16.4. The number of carbonyl (C=O) groups excluding carboxylic acids is 1.